The molecule has 2 rings (SSSR count). The van der Waals surface area contributed by atoms with E-state index in [0.717, 1.165) is 36.6 Å². The molecule has 0 amide bonds. The topological polar surface area (TPSA) is 41.9 Å². The van der Waals surface area contributed by atoms with Crippen LogP contribution in [0.3, 0.4) is 0 Å². The third-order valence-corrected chi connectivity index (χ3v) is 4.12. The molecule has 4 nitrogen and oxygen atoms in total. The lowest BCUT2D eigenvalue weighted by Gasteiger charge is -2.43. The molecule has 0 atom stereocenters. The Morgan fingerprint density at radius 1 is 1.26 bits per heavy atom. The van der Waals surface area contributed by atoms with E-state index in [1.807, 2.05) is 25.2 Å². The summed E-state index contributed by atoms with van der Waals surface area (Å²) >= 11 is 0. The number of ether oxygens (including phenoxy) is 2. The molecule has 1 aliphatic rings. The van der Waals surface area contributed by atoms with Gasteiger partial charge in [-0.1, -0.05) is 6.42 Å². The Balaban J connectivity index is 2.19. The van der Waals surface area contributed by atoms with Gasteiger partial charge in [0.05, 0.1) is 26.5 Å². The molecule has 0 aliphatic heterocycles. The van der Waals surface area contributed by atoms with Gasteiger partial charge < -0.3 is 19.5 Å². The van der Waals surface area contributed by atoms with E-state index in [-0.39, 0.29) is 12.0 Å². The second-order valence-corrected chi connectivity index (χ2v) is 5.41. The summed E-state index contributed by atoms with van der Waals surface area (Å²) in [7, 11) is 5.37. The van der Waals surface area contributed by atoms with Gasteiger partial charge in [0.2, 0.25) is 0 Å². The van der Waals surface area contributed by atoms with Gasteiger partial charge >= 0.3 is 0 Å². The van der Waals surface area contributed by atoms with Crippen LogP contribution in [0.5, 0.6) is 11.5 Å². The molecule has 0 spiro atoms. The zero-order valence-electron chi connectivity index (χ0n) is 12.0. The molecule has 1 aromatic carbocycles. The van der Waals surface area contributed by atoms with Crippen LogP contribution >= 0.6 is 0 Å². The summed E-state index contributed by atoms with van der Waals surface area (Å²) in [6, 6.07) is 5.78. The van der Waals surface area contributed by atoms with Gasteiger partial charge in [-0.2, -0.15) is 0 Å². The van der Waals surface area contributed by atoms with Crippen LogP contribution in [0.25, 0.3) is 0 Å². The second kappa shape index (κ2) is 5.70. The lowest BCUT2D eigenvalue weighted by Crippen LogP contribution is -2.43. The summed E-state index contributed by atoms with van der Waals surface area (Å²) in [6.07, 6.45) is 3.41. The summed E-state index contributed by atoms with van der Waals surface area (Å²) in [5, 5.41) is 9.58. The van der Waals surface area contributed by atoms with Crippen LogP contribution in [0.2, 0.25) is 0 Å². The monoisotopic (exact) mass is 265 g/mol. The SMILES string of the molecule is COc1ccc(OC)c(N(C)CC2(CO)CCC2)c1. The largest absolute Gasteiger partial charge is 0.497 e. The Bertz CT molecular complexity index is 424. The number of rotatable bonds is 6. The maximum Gasteiger partial charge on any atom is 0.142 e. The minimum atomic E-state index is 0.0584. The van der Waals surface area contributed by atoms with Crippen LogP contribution in [-0.4, -0.2) is 39.5 Å². The molecule has 0 saturated heterocycles. The van der Waals surface area contributed by atoms with Crippen molar-refractivity contribution in [3.8, 4) is 11.5 Å². The Hall–Kier alpha value is -1.42. The normalized spacial score (nSPS) is 16.6. The molecule has 1 aliphatic carbocycles. The van der Waals surface area contributed by atoms with Crippen LogP contribution in [0, 0.1) is 5.41 Å². The number of anilines is 1. The first kappa shape index (κ1) is 14.0. The molecule has 0 unspecified atom stereocenters. The van der Waals surface area contributed by atoms with E-state index in [1.54, 1.807) is 14.2 Å². The summed E-state index contributed by atoms with van der Waals surface area (Å²) < 4.78 is 10.7. The molecule has 19 heavy (non-hydrogen) atoms. The molecule has 0 bridgehead atoms. The van der Waals surface area contributed by atoms with Crippen LogP contribution in [0.15, 0.2) is 18.2 Å². The number of aliphatic hydroxyl groups excluding tert-OH is 1. The maximum absolute atomic E-state index is 9.58. The Labute approximate surface area is 114 Å². The highest BCUT2D eigenvalue weighted by Gasteiger charge is 2.37. The first-order chi connectivity index (χ1) is 9.14. The van der Waals surface area contributed by atoms with Gasteiger partial charge in [0, 0.05) is 25.1 Å². The first-order valence-corrected chi connectivity index (χ1v) is 6.68. The van der Waals surface area contributed by atoms with E-state index in [0.29, 0.717) is 0 Å². The smallest absolute Gasteiger partial charge is 0.142 e. The second-order valence-electron chi connectivity index (χ2n) is 5.41. The lowest BCUT2D eigenvalue weighted by molar-refractivity contribution is 0.0523. The predicted molar refractivity (Wildman–Crippen MR) is 76.2 cm³/mol. The number of nitrogens with zero attached hydrogens (tertiary/aromatic N) is 1. The number of methoxy groups -OCH3 is 2. The van der Waals surface area contributed by atoms with Crippen LogP contribution < -0.4 is 14.4 Å². The van der Waals surface area contributed by atoms with E-state index in [9.17, 15) is 5.11 Å². The third-order valence-electron chi connectivity index (χ3n) is 4.12. The number of benzene rings is 1. The van der Waals surface area contributed by atoms with Gasteiger partial charge in [-0.25, -0.2) is 0 Å². The fraction of sp³-hybridized carbons (Fsp3) is 0.600. The zero-order chi connectivity index (χ0) is 13.9. The predicted octanol–water partition coefficient (Wildman–Crippen LogP) is 2.30. The van der Waals surface area contributed by atoms with E-state index >= 15 is 0 Å². The summed E-state index contributed by atoms with van der Waals surface area (Å²) in [5.74, 6) is 1.64. The molecule has 1 N–H and O–H groups in total. The highest BCUT2D eigenvalue weighted by molar-refractivity contribution is 5.61. The Morgan fingerprint density at radius 3 is 2.47 bits per heavy atom. The van der Waals surface area contributed by atoms with Crippen LogP contribution in [-0.2, 0) is 0 Å². The van der Waals surface area contributed by atoms with Crippen molar-refractivity contribution in [2.24, 2.45) is 5.41 Å². The molecule has 1 aromatic rings. The highest BCUT2D eigenvalue weighted by atomic mass is 16.5. The summed E-state index contributed by atoms with van der Waals surface area (Å²) in [4.78, 5) is 2.15. The van der Waals surface area contributed by atoms with Crippen molar-refractivity contribution in [1.82, 2.24) is 0 Å². The van der Waals surface area contributed by atoms with Crippen molar-refractivity contribution in [3.63, 3.8) is 0 Å². The zero-order valence-corrected chi connectivity index (χ0v) is 12.0. The van der Waals surface area contributed by atoms with Gasteiger partial charge in [-0.3, -0.25) is 0 Å². The van der Waals surface area contributed by atoms with E-state index in [1.165, 1.54) is 6.42 Å². The molecule has 1 fully saturated rings. The van der Waals surface area contributed by atoms with Gasteiger partial charge in [0.1, 0.15) is 11.5 Å². The van der Waals surface area contributed by atoms with Gasteiger partial charge in [0.25, 0.3) is 0 Å². The quantitative estimate of drug-likeness (QED) is 0.857. The van der Waals surface area contributed by atoms with E-state index < -0.39 is 0 Å². The van der Waals surface area contributed by atoms with Crippen molar-refractivity contribution in [2.75, 3.05) is 39.3 Å². The molecule has 106 valence electrons. The fourth-order valence-electron chi connectivity index (χ4n) is 2.73. The molecule has 4 heteroatoms. The van der Waals surface area contributed by atoms with Crippen molar-refractivity contribution in [1.29, 1.82) is 0 Å². The average Bonchev–Trinajstić information content (AvgIpc) is 2.41. The van der Waals surface area contributed by atoms with Gasteiger partial charge in [-0.15, -0.1) is 0 Å². The maximum atomic E-state index is 9.58. The van der Waals surface area contributed by atoms with Crippen molar-refractivity contribution < 1.29 is 14.6 Å². The molecule has 0 heterocycles. The summed E-state index contributed by atoms with van der Waals surface area (Å²) in [6.45, 7) is 1.09. The van der Waals surface area contributed by atoms with Crippen molar-refractivity contribution in [2.45, 2.75) is 19.3 Å². The Morgan fingerprint density at radius 2 is 2.00 bits per heavy atom. The molecular formula is C15H23NO3. The van der Waals surface area contributed by atoms with Crippen LogP contribution in [0.1, 0.15) is 19.3 Å². The fourth-order valence-corrected chi connectivity index (χ4v) is 2.73. The molecule has 0 aromatic heterocycles. The van der Waals surface area contributed by atoms with Gasteiger partial charge in [0.15, 0.2) is 0 Å². The first-order valence-electron chi connectivity index (χ1n) is 6.68. The standard InChI is InChI=1S/C15H23NO3/c1-16(10-15(11-17)7-4-8-15)13-9-12(18-2)5-6-14(13)19-3/h5-6,9,17H,4,7-8,10-11H2,1-3H3. The number of aliphatic hydroxyl groups is 1. The lowest BCUT2D eigenvalue weighted by atomic mass is 9.69. The molecule has 0 radical (unpaired) electrons. The van der Waals surface area contributed by atoms with E-state index in [4.69, 9.17) is 9.47 Å². The molecular weight excluding hydrogens is 242 g/mol. The Kier molecular flexibility index (Phi) is 4.20. The summed E-state index contributed by atoms with van der Waals surface area (Å²) in [5.41, 5.74) is 1.06. The minimum Gasteiger partial charge on any atom is -0.497 e. The van der Waals surface area contributed by atoms with E-state index in [2.05, 4.69) is 4.90 Å². The minimum absolute atomic E-state index is 0.0584. The third kappa shape index (κ3) is 2.78. The van der Waals surface area contributed by atoms with Crippen LogP contribution in [0.4, 0.5) is 5.69 Å². The number of hydrogen-bond donors (Lipinski definition) is 1. The number of hydrogen-bond acceptors (Lipinski definition) is 4. The highest BCUT2D eigenvalue weighted by Crippen LogP contribution is 2.42. The average molecular weight is 265 g/mol. The van der Waals surface area contributed by atoms with Crippen molar-refractivity contribution in [3.05, 3.63) is 18.2 Å². The molecule has 1 saturated carbocycles. The van der Waals surface area contributed by atoms with Gasteiger partial charge in [-0.05, 0) is 25.0 Å². The van der Waals surface area contributed by atoms with Crippen molar-refractivity contribution >= 4 is 5.69 Å².